The summed E-state index contributed by atoms with van der Waals surface area (Å²) in [7, 11) is -3.88. The van der Waals surface area contributed by atoms with Gasteiger partial charge in [-0.25, -0.2) is 18.5 Å². The molecule has 0 bridgehead atoms. The maximum absolute atomic E-state index is 13.2. The topological polar surface area (TPSA) is 130 Å². The average Bonchev–Trinajstić information content (AvgIpc) is 3.54. The highest BCUT2D eigenvalue weighted by atomic mass is 32.2. The molecule has 1 aromatic rings. The summed E-state index contributed by atoms with van der Waals surface area (Å²) in [5, 5.41) is 5.11. The minimum absolute atomic E-state index is 0.0734. The van der Waals surface area contributed by atoms with Crippen LogP contribution in [0.15, 0.2) is 29.2 Å². The second-order valence-corrected chi connectivity index (χ2v) is 9.65. The van der Waals surface area contributed by atoms with Crippen LogP contribution in [0.1, 0.15) is 19.3 Å². The van der Waals surface area contributed by atoms with Gasteiger partial charge in [-0.05, 0) is 37.1 Å². The largest absolute Gasteiger partial charge is 0.379 e. The second kappa shape index (κ2) is 8.65. The van der Waals surface area contributed by atoms with E-state index in [1.54, 1.807) is 4.90 Å². The van der Waals surface area contributed by atoms with Gasteiger partial charge in [0, 0.05) is 32.1 Å². The third-order valence-electron chi connectivity index (χ3n) is 5.89. The van der Waals surface area contributed by atoms with Gasteiger partial charge in [0.25, 0.3) is 5.91 Å². The van der Waals surface area contributed by atoms with E-state index >= 15 is 0 Å². The lowest BCUT2D eigenvalue weighted by molar-refractivity contribution is -0.139. The number of benzene rings is 1. The third-order valence-corrected chi connectivity index (χ3v) is 6.82. The number of nitrogens with zero attached hydrogens (tertiary/aromatic N) is 3. The molecular weight excluding hydrogens is 424 g/mol. The van der Waals surface area contributed by atoms with Crippen LogP contribution in [0.5, 0.6) is 0 Å². The van der Waals surface area contributed by atoms with Crippen molar-refractivity contribution in [2.75, 3.05) is 44.3 Å². The Bertz CT molecular complexity index is 970. The standard InChI is InChI=1S/C20H26N4O6S/c21-31(28,29)16-5-3-15(4-6-16)24-18(25)13-17(20(24)27)23(19(26)14-1-2-14)8-7-22-9-11-30-12-10-22/h3-6,14,17H,1-2,7-13H2,(H2,21,28,29). The van der Waals surface area contributed by atoms with Crippen LogP contribution in [-0.4, -0.2) is 81.4 Å². The molecule has 1 unspecified atom stereocenters. The number of imide groups is 1. The van der Waals surface area contributed by atoms with Crippen molar-refractivity contribution in [1.29, 1.82) is 0 Å². The first-order valence-corrected chi connectivity index (χ1v) is 11.9. The van der Waals surface area contributed by atoms with Gasteiger partial charge in [-0.3, -0.25) is 19.3 Å². The summed E-state index contributed by atoms with van der Waals surface area (Å²) in [5.74, 6) is -1.04. The number of morpholine rings is 1. The highest BCUT2D eigenvalue weighted by Crippen LogP contribution is 2.34. The Morgan fingerprint density at radius 2 is 1.77 bits per heavy atom. The molecule has 3 amide bonds. The van der Waals surface area contributed by atoms with Gasteiger partial charge in [0.05, 0.1) is 30.2 Å². The molecule has 10 nitrogen and oxygen atoms in total. The molecule has 1 aromatic carbocycles. The van der Waals surface area contributed by atoms with Crippen LogP contribution in [0.25, 0.3) is 0 Å². The molecule has 31 heavy (non-hydrogen) atoms. The third kappa shape index (κ3) is 4.79. The number of carbonyl (C=O) groups excluding carboxylic acids is 3. The van der Waals surface area contributed by atoms with Gasteiger partial charge in [-0.1, -0.05) is 0 Å². The van der Waals surface area contributed by atoms with E-state index in [2.05, 4.69) is 4.90 Å². The van der Waals surface area contributed by atoms with E-state index in [4.69, 9.17) is 9.88 Å². The normalized spacial score (nSPS) is 22.7. The van der Waals surface area contributed by atoms with E-state index in [-0.39, 0.29) is 28.8 Å². The Hall–Kier alpha value is -2.34. The first-order valence-electron chi connectivity index (χ1n) is 10.4. The number of anilines is 1. The van der Waals surface area contributed by atoms with Crippen molar-refractivity contribution in [2.45, 2.75) is 30.2 Å². The molecule has 1 atom stereocenters. The quantitative estimate of drug-likeness (QED) is 0.556. The van der Waals surface area contributed by atoms with E-state index < -0.39 is 27.9 Å². The Morgan fingerprint density at radius 3 is 2.35 bits per heavy atom. The molecule has 1 aliphatic carbocycles. The number of ether oxygens (including phenoxy) is 1. The number of amides is 3. The highest BCUT2D eigenvalue weighted by molar-refractivity contribution is 7.89. The van der Waals surface area contributed by atoms with Crippen LogP contribution in [0.2, 0.25) is 0 Å². The van der Waals surface area contributed by atoms with Crippen molar-refractivity contribution in [1.82, 2.24) is 9.80 Å². The van der Waals surface area contributed by atoms with Crippen LogP contribution in [0.4, 0.5) is 5.69 Å². The Kier molecular flexibility index (Phi) is 6.11. The molecule has 3 aliphatic rings. The van der Waals surface area contributed by atoms with Gasteiger partial charge in [0.15, 0.2) is 0 Å². The fourth-order valence-corrected chi connectivity index (χ4v) is 4.49. The van der Waals surface area contributed by atoms with E-state index in [0.29, 0.717) is 26.3 Å². The first-order chi connectivity index (χ1) is 14.8. The van der Waals surface area contributed by atoms with E-state index in [1.165, 1.54) is 24.3 Å². The van der Waals surface area contributed by atoms with Crippen molar-refractivity contribution >= 4 is 33.4 Å². The molecule has 2 aliphatic heterocycles. The predicted molar refractivity (Wildman–Crippen MR) is 110 cm³/mol. The Balaban J connectivity index is 1.51. The van der Waals surface area contributed by atoms with Crippen molar-refractivity contribution in [3.8, 4) is 0 Å². The first kappa shape index (κ1) is 21.9. The van der Waals surface area contributed by atoms with Crippen LogP contribution >= 0.6 is 0 Å². The van der Waals surface area contributed by atoms with Crippen molar-refractivity contribution in [2.24, 2.45) is 11.1 Å². The van der Waals surface area contributed by atoms with Crippen molar-refractivity contribution in [3.63, 3.8) is 0 Å². The van der Waals surface area contributed by atoms with Crippen LogP contribution in [0, 0.1) is 5.92 Å². The number of sulfonamides is 1. The van der Waals surface area contributed by atoms with Gasteiger partial charge in [0.1, 0.15) is 6.04 Å². The Labute approximate surface area is 181 Å². The van der Waals surface area contributed by atoms with Gasteiger partial charge >= 0.3 is 0 Å². The summed E-state index contributed by atoms with van der Waals surface area (Å²) in [6.07, 6.45) is 1.53. The summed E-state index contributed by atoms with van der Waals surface area (Å²) in [4.78, 5) is 43.5. The van der Waals surface area contributed by atoms with Crippen LogP contribution in [0.3, 0.4) is 0 Å². The SMILES string of the molecule is NS(=O)(=O)c1ccc(N2C(=O)CC(N(CCN3CCOCC3)C(=O)C3CC3)C2=O)cc1. The molecule has 11 heteroatoms. The number of nitrogens with two attached hydrogens (primary N) is 1. The number of primary sulfonamides is 1. The molecule has 0 spiro atoms. The number of hydrogen-bond acceptors (Lipinski definition) is 7. The van der Waals surface area contributed by atoms with E-state index in [1.807, 2.05) is 0 Å². The van der Waals surface area contributed by atoms with E-state index in [9.17, 15) is 22.8 Å². The van der Waals surface area contributed by atoms with Crippen molar-refractivity contribution in [3.05, 3.63) is 24.3 Å². The molecule has 1 saturated carbocycles. The molecule has 168 valence electrons. The minimum atomic E-state index is -3.88. The molecular formula is C20H26N4O6S. The van der Waals surface area contributed by atoms with Gasteiger partial charge in [0.2, 0.25) is 21.8 Å². The van der Waals surface area contributed by atoms with Gasteiger partial charge < -0.3 is 9.64 Å². The van der Waals surface area contributed by atoms with Crippen LogP contribution in [-0.2, 0) is 29.1 Å². The van der Waals surface area contributed by atoms with Gasteiger partial charge in [-0.2, -0.15) is 0 Å². The molecule has 2 N–H and O–H groups in total. The number of carbonyl (C=O) groups is 3. The Morgan fingerprint density at radius 1 is 1.13 bits per heavy atom. The lowest BCUT2D eigenvalue weighted by Gasteiger charge is -2.32. The fourth-order valence-electron chi connectivity index (χ4n) is 3.97. The molecule has 2 saturated heterocycles. The lowest BCUT2D eigenvalue weighted by Crippen LogP contribution is -2.50. The zero-order chi connectivity index (χ0) is 22.2. The smallest absolute Gasteiger partial charge is 0.257 e. The lowest BCUT2D eigenvalue weighted by atomic mass is 10.1. The second-order valence-electron chi connectivity index (χ2n) is 8.09. The average molecular weight is 451 g/mol. The monoisotopic (exact) mass is 450 g/mol. The maximum Gasteiger partial charge on any atom is 0.257 e. The molecule has 0 radical (unpaired) electrons. The molecule has 2 heterocycles. The maximum atomic E-state index is 13.2. The summed E-state index contributed by atoms with van der Waals surface area (Å²) >= 11 is 0. The van der Waals surface area contributed by atoms with Crippen molar-refractivity contribution < 1.29 is 27.5 Å². The summed E-state index contributed by atoms with van der Waals surface area (Å²) < 4.78 is 28.3. The molecule has 3 fully saturated rings. The summed E-state index contributed by atoms with van der Waals surface area (Å²) in [5.41, 5.74) is 0.261. The highest BCUT2D eigenvalue weighted by Gasteiger charge is 2.46. The zero-order valence-electron chi connectivity index (χ0n) is 17.1. The van der Waals surface area contributed by atoms with Gasteiger partial charge in [-0.15, -0.1) is 0 Å². The summed E-state index contributed by atoms with van der Waals surface area (Å²) in [6.45, 7) is 3.80. The zero-order valence-corrected chi connectivity index (χ0v) is 17.9. The molecule has 0 aromatic heterocycles. The number of hydrogen-bond donors (Lipinski definition) is 1. The molecule has 4 rings (SSSR count). The minimum Gasteiger partial charge on any atom is -0.379 e. The number of rotatable bonds is 7. The summed E-state index contributed by atoms with van der Waals surface area (Å²) in [6, 6.07) is 4.41. The van der Waals surface area contributed by atoms with Crippen LogP contribution < -0.4 is 10.0 Å². The predicted octanol–water partition coefficient (Wildman–Crippen LogP) is -0.463. The fraction of sp³-hybridized carbons (Fsp3) is 0.550. The van der Waals surface area contributed by atoms with E-state index in [0.717, 1.165) is 30.8 Å².